The van der Waals surface area contributed by atoms with E-state index in [0.29, 0.717) is 6.54 Å². The highest BCUT2D eigenvalue weighted by Crippen LogP contribution is 2.25. The highest BCUT2D eigenvalue weighted by atomic mass is 16.3. The zero-order valence-corrected chi connectivity index (χ0v) is 10.9. The van der Waals surface area contributed by atoms with Crippen molar-refractivity contribution in [3.63, 3.8) is 0 Å². The van der Waals surface area contributed by atoms with Gasteiger partial charge in [0.2, 0.25) is 0 Å². The van der Waals surface area contributed by atoms with Crippen LogP contribution >= 0.6 is 0 Å². The van der Waals surface area contributed by atoms with Crippen molar-refractivity contribution in [2.75, 3.05) is 0 Å². The molecule has 3 rings (SSSR count). The minimum absolute atomic E-state index is 0.244. The van der Waals surface area contributed by atoms with Crippen molar-refractivity contribution in [2.45, 2.75) is 6.54 Å². The molecular formula is C17H14N2O. The Bertz CT molecular complexity index is 751. The first-order valence-corrected chi connectivity index (χ1v) is 6.45. The van der Waals surface area contributed by atoms with Crippen LogP contribution in [0.4, 0.5) is 0 Å². The Balaban J connectivity index is 1.92. The molecule has 0 aliphatic rings. The van der Waals surface area contributed by atoms with Crippen LogP contribution in [0.3, 0.4) is 0 Å². The molecule has 20 heavy (non-hydrogen) atoms. The molecule has 98 valence electrons. The second-order valence-electron chi connectivity index (χ2n) is 4.51. The number of pyridine rings is 1. The maximum absolute atomic E-state index is 10.00. The van der Waals surface area contributed by atoms with E-state index in [2.05, 4.69) is 9.98 Å². The summed E-state index contributed by atoms with van der Waals surface area (Å²) in [4.78, 5) is 8.59. The monoisotopic (exact) mass is 262 g/mol. The van der Waals surface area contributed by atoms with Gasteiger partial charge in [-0.1, -0.05) is 36.4 Å². The lowest BCUT2D eigenvalue weighted by molar-refractivity contribution is 0.475. The van der Waals surface area contributed by atoms with Crippen molar-refractivity contribution in [3.05, 3.63) is 72.1 Å². The largest absolute Gasteiger partial charge is 0.507 e. The van der Waals surface area contributed by atoms with Crippen molar-refractivity contribution in [1.29, 1.82) is 0 Å². The van der Waals surface area contributed by atoms with Crippen molar-refractivity contribution in [1.82, 2.24) is 4.98 Å². The predicted molar refractivity (Wildman–Crippen MR) is 81.1 cm³/mol. The second kappa shape index (κ2) is 5.53. The highest BCUT2D eigenvalue weighted by molar-refractivity contribution is 6.02. The van der Waals surface area contributed by atoms with E-state index in [-0.39, 0.29) is 5.75 Å². The minimum atomic E-state index is 0.244. The van der Waals surface area contributed by atoms with Crippen LogP contribution in [0, 0.1) is 0 Å². The van der Waals surface area contributed by atoms with Crippen LogP contribution in [0.5, 0.6) is 5.75 Å². The third-order valence-corrected chi connectivity index (χ3v) is 3.15. The van der Waals surface area contributed by atoms with Crippen molar-refractivity contribution >= 4 is 17.0 Å². The number of nitrogens with zero attached hydrogens (tertiary/aromatic N) is 2. The lowest BCUT2D eigenvalue weighted by Gasteiger charge is -2.04. The maximum atomic E-state index is 10.00. The SMILES string of the molecule is Oc1ccc2ccccc2c1C=NCc1ccccn1. The molecule has 0 unspecified atom stereocenters. The lowest BCUT2D eigenvalue weighted by Crippen LogP contribution is -1.89. The molecule has 3 aromatic rings. The molecule has 1 N–H and O–H groups in total. The number of hydrogen-bond acceptors (Lipinski definition) is 3. The number of hydrogen-bond donors (Lipinski definition) is 1. The van der Waals surface area contributed by atoms with E-state index in [1.54, 1.807) is 18.5 Å². The third-order valence-electron chi connectivity index (χ3n) is 3.15. The normalized spacial score (nSPS) is 11.2. The molecule has 0 amide bonds. The molecule has 0 aliphatic heterocycles. The molecule has 0 bridgehead atoms. The minimum Gasteiger partial charge on any atom is -0.507 e. The topological polar surface area (TPSA) is 45.5 Å². The summed E-state index contributed by atoms with van der Waals surface area (Å²) in [5, 5.41) is 12.1. The van der Waals surface area contributed by atoms with Gasteiger partial charge in [0.1, 0.15) is 5.75 Å². The van der Waals surface area contributed by atoms with Crippen LogP contribution in [0.2, 0.25) is 0 Å². The van der Waals surface area contributed by atoms with E-state index in [1.807, 2.05) is 48.5 Å². The zero-order valence-electron chi connectivity index (χ0n) is 10.9. The molecule has 0 atom stereocenters. The first-order valence-electron chi connectivity index (χ1n) is 6.45. The number of benzene rings is 2. The van der Waals surface area contributed by atoms with Gasteiger partial charge in [-0.15, -0.1) is 0 Å². The number of phenols is 1. The van der Waals surface area contributed by atoms with Crippen LogP contribution in [0.15, 0.2) is 65.8 Å². The van der Waals surface area contributed by atoms with Gasteiger partial charge in [-0.3, -0.25) is 9.98 Å². The van der Waals surface area contributed by atoms with Gasteiger partial charge in [0.25, 0.3) is 0 Å². The van der Waals surface area contributed by atoms with Gasteiger partial charge >= 0.3 is 0 Å². The second-order valence-corrected chi connectivity index (χ2v) is 4.51. The average Bonchev–Trinajstić information content (AvgIpc) is 2.50. The van der Waals surface area contributed by atoms with E-state index in [9.17, 15) is 5.11 Å². The van der Waals surface area contributed by atoms with E-state index in [4.69, 9.17) is 0 Å². The molecule has 0 aliphatic carbocycles. The van der Waals surface area contributed by atoms with E-state index < -0.39 is 0 Å². The fraction of sp³-hybridized carbons (Fsp3) is 0.0588. The number of aromatic hydroxyl groups is 1. The number of rotatable bonds is 3. The Kier molecular flexibility index (Phi) is 3.42. The molecule has 0 fully saturated rings. The summed E-state index contributed by atoms with van der Waals surface area (Å²) >= 11 is 0. The number of aromatic nitrogens is 1. The van der Waals surface area contributed by atoms with Gasteiger partial charge in [0.05, 0.1) is 12.2 Å². The summed E-state index contributed by atoms with van der Waals surface area (Å²) in [6, 6.07) is 17.3. The Morgan fingerprint density at radius 2 is 1.85 bits per heavy atom. The summed E-state index contributed by atoms with van der Waals surface area (Å²) in [6.45, 7) is 0.503. The number of phenolic OH excluding ortho intramolecular Hbond substituents is 1. The molecule has 3 nitrogen and oxygen atoms in total. The third kappa shape index (κ3) is 2.52. The van der Waals surface area contributed by atoms with E-state index in [0.717, 1.165) is 22.0 Å². The van der Waals surface area contributed by atoms with Crippen LogP contribution < -0.4 is 0 Å². The molecular weight excluding hydrogens is 248 g/mol. The fourth-order valence-corrected chi connectivity index (χ4v) is 2.14. The molecule has 1 aromatic heterocycles. The molecule has 0 saturated heterocycles. The van der Waals surface area contributed by atoms with Gasteiger partial charge in [-0.05, 0) is 29.0 Å². The van der Waals surface area contributed by atoms with Crippen molar-refractivity contribution in [3.8, 4) is 5.75 Å². The van der Waals surface area contributed by atoms with Gasteiger partial charge in [-0.2, -0.15) is 0 Å². The summed E-state index contributed by atoms with van der Waals surface area (Å²) in [5.74, 6) is 0.244. The molecule has 1 heterocycles. The van der Waals surface area contributed by atoms with E-state index in [1.165, 1.54) is 0 Å². The van der Waals surface area contributed by atoms with Crippen molar-refractivity contribution < 1.29 is 5.11 Å². The molecule has 2 aromatic carbocycles. The van der Waals surface area contributed by atoms with Gasteiger partial charge in [0, 0.05) is 18.0 Å². The predicted octanol–water partition coefficient (Wildman–Crippen LogP) is 3.56. The zero-order chi connectivity index (χ0) is 13.8. The summed E-state index contributed by atoms with van der Waals surface area (Å²) in [5.41, 5.74) is 1.66. The maximum Gasteiger partial charge on any atom is 0.124 e. The molecule has 0 saturated carbocycles. The Hall–Kier alpha value is -2.68. The Morgan fingerprint density at radius 1 is 1.00 bits per heavy atom. The standard InChI is InChI=1S/C17H14N2O/c20-17-9-8-13-5-1-2-7-15(13)16(17)12-18-11-14-6-3-4-10-19-14/h1-10,12,20H,11H2. The van der Waals surface area contributed by atoms with Crippen LogP contribution in [0.1, 0.15) is 11.3 Å². The lowest BCUT2D eigenvalue weighted by atomic mass is 10.0. The first-order chi connectivity index (χ1) is 9.84. The highest BCUT2D eigenvalue weighted by Gasteiger charge is 2.03. The summed E-state index contributed by atoms with van der Waals surface area (Å²) in [7, 11) is 0. The number of fused-ring (bicyclic) bond motifs is 1. The fourth-order valence-electron chi connectivity index (χ4n) is 2.14. The number of aliphatic imine (C=N–C) groups is 1. The van der Waals surface area contributed by atoms with Crippen LogP contribution in [-0.4, -0.2) is 16.3 Å². The van der Waals surface area contributed by atoms with Crippen LogP contribution in [0.25, 0.3) is 10.8 Å². The molecule has 0 spiro atoms. The molecule has 3 heteroatoms. The summed E-state index contributed by atoms with van der Waals surface area (Å²) in [6.07, 6.45) is 3.46. The van der Waals surface area contributed by atoms with E-state index >= 15 is 0 Å². The average molecular weight is 262 g/mol. The van der Waals surface area contributed by atoms with Gasteiger partial charge in [-0.25, -0.2) is 0 Å². The van der Waals surface area contributed by atoms with Gasteiger partial charge < -0.3 is 5.11 Å². The van der Waals surface area contributed by atoms with Gasteiger partial charge in [0.15, 0.2) is 0 Å². The Morgan fingerprint density at radius 3 is 2.70 bits per heavy atom. The molecule has 0 radical (unpaired) electrons. The smallest absolute Gasteiger partial charge is 0.124 e. The Labute approximate surface area is 117 Å². The van der Waals surface area contributed by atoms with Crippen LogP contribution in [-0.2, 0) is 6.54 Å². The van der Waals surface area contributed by atoms with Crippen molar-refractivity contribution in [2.24, 2.45) is 4.99 Å². The first kappa shape index (κ1) is 12.4. The quantitative estimate of drug-likeness (QED) is 0.733. The summed E-state index contributed by atoms with van der Waals surface area (Å²) < 4.78 is 0.